The summed E-state index contributed by atoms with van der Waals surface area (Å²) >= 11 is 6.02. The van der Waals surface area contributed by atoms with Gasteiger partial charge in [0.1, 0.15) is 5.82 Å². The fourth-order valence-electron chi connectivity index (χ4n) is 2.94. The molecule has 0 aliphatic carbocycles. The van der Waals surface area contributed by atoms with E-state index in [0.29, 0.717) is 17.6 Å². The van der Waals surface area contributed by atoms with Gasteiger partial charge < -0.3 is 10.2 Å². The predicted molar refractivity (Wildman–Crippen MR) is 72.8 cm³/mol. The minimum absolute atomic E-state index is 0.319. The Morgan fingerprint density at radius 3 is 3.16 bits per heavy atom. The monoisotopic (exact) mass is 277 g/mol. The molecule has 0 spiro atoms. The second-order valence-corrected chi connectivity index (χ2v) is 5.50. The molecule has 1 aromatic heterocycles. The van der Waals surface area contributed by atoms with Crippen molar-refractivity contribution in [1.82, 2.24) is 15.3 Å². The minimum atomic E-state index is 0.319. The molecule has 0 unspecified atom stereocenters. The van der Waals surface area contributed by atoms with Crippen LogP contribution in [0.15, 0.2) is 0 Å². The van der Waals surface area contributed by atoms with Gasteiger partial charge in [-0.05, 0) is 30.4 Å². The SMILES string of the molecule is N#CC[C@@H]1CCCN(c2nc(Cl)nc3c2CNC3)C1. The highest BCUT2D eigenvalue weighted by molar-refractivity contribution is 6.28. The molecule has 0 aromatic carbocycles. The third-order valence-electron chi connectivity index (χ3n) is 3.84. The molecular weight excluding hydrogens is 262 g/mol. The molecule has 6 heteroatoms. The maximum Gasteiger partial charge on any atom is 0.224 e. The van der Waals surface area contributed by atoms with Crippen LogP contribution in [0.5, 0.6) is 0 Å². The lowest BCUT2D eigenvalue weighted by Gasteiger charge is -2.33. The first-order valence-electron chi connectivity index (χ1n) is 6.66. The van der Waals surface area contributed by atoms with Gasteiger partial charge in [0.05, 0.1) is 11.8 Å². The normalized spacial score (nSPS) is 22.1. The van der Waals surface area contributed by atoms with Crippen LogP contribution in [0.2, 0.25) is 5.28 Å². The zero-order chi connectivity index (χ0) is 13.2. The Balaban J connectivity index is 1.88. The van der Waals surface area contributed by atoms with Crippen molar-refractivity contribution >= 4 is 17.4 Å². The van der Waals surface area contributed by atoms with Crippen molar-refractivity contribution in [3.63, 3.8) is 0 Å². The average Bonchev–Trinajstić information content (AvgIpc) is 2.86. The molecule has 0 radical (unpaired) electrons. The van der Waals surface area contributed by atoms with Crippen LogP contribution in [0.4, 0.5) is 5.82 Å². The number of rotatable bonds is 2. The molecule has 2 aliphatic heterocycles. The van der Waals surface area contributed by atoms with Gasteiger partial charge in [-0.3, -0.25) is 0 Å². The van der Waals surface area contributed by atoms with Gasteiger partial charge in [-0.25, -0.2) is 9.97 Å². The highest BCUT2D eigenvalue weighted by atomic mass is 35.5. The average molecular weight is 278 g/mol. The maximum absolute atomic E-state index is 8.85. The van der Waals surface area contributed by atoms with Crippen molar-refractivity contribution in [2.75, 3.05) is 18.0 Å². The van der Waals surface area contributed by atoms with Gasteiger partial charge in [0.25, 0.3) is 0 Å². The Hall–Kier alpha value is -1.38. The number of nitrogens with zero attached hydrogens (tertiary/aromatic N) is 4. The van der Waals surface area contributed by atoms with E-state index in [1.54, 1.807) is 0 Å². The Morgan fingerprint density at radius 1 is 1.42 bits per heavy atom. The van der Waals surface area contributed by atoms with E-state index in [4.69, 9.17) is 16.9 Å². The van der Waals surface area contributed by atoms with Crippen LogP contribution >= 0.6 is 11.6 Å². The van der Waals surface area contributed by atoms with E-state index >= 15 is 0 Å². The number of hydrogen-bond donors (Lipinski definition) is 1. The summed E-state index contributed by atoms with van der Waals surface area (Å²) in [5.74, 6) is 1.40. The maximum atomic E-state index is 8.85. The Morgan fingerprint density at radius 2 is 2.32 bits per heavy atom. The number of aromatic nitrogens is 2. The van der Waals surface area contributed by atoms with Gasteiger partial charge in [0, 0.05) is 38.2 Å². The summed E-state index contributed by atoms with van der Waals surface area (Å²) in [6.45, 7) is 3.45. The second kappa shape index (κ2) is 5.32. The van der Waals surface area contributed by atoms with Gasteiger partial charge in [0.2, 0.25) is 5.28 Å². The molecule has 0 bridgehead atoms. The summed E-state index contributed by atoms with van der Waals surface area (Å²) in [5, 5.41) is 12.5. The molecule has 1 N–H and O–H groups in total. The number of nitriles is 1. The molecule has 3 heterocycles. The van der Waals surface area contributed by atoms with E-state index < -0.39 is 0 Å². The van der Waals surface area contributed by atoms with Crippen LogP contribution < -0.4 is 10.2 Å². The molecule has 1 atom stereocenters. The van der Waals surface area contributed by atoms with Crippen molar-refractivity contribution < 1.29 is 0 Å². The second-order valence-electron chi connectivity index (χ2n) is 5.16. The van der Waals surface area contributed by atoms with Gasteiger partial charge in [-0.15, -0.1) is 0 Å². The van der Waals surface area contributed by atoms with E-state index in [1.165, 1.54) is 5.56 Å². The lowest BCUT2D eigenvalue weighted by Crippen LogP contribution is -2.36. The van der Waals surface area contributed by atoms with Crippen LogP contribution in [0.3, 0.4) is 0 Å². The van der Waals surface area contributed by atoms with Crippen LogP contribution in [-0.2, 0) is 13.1 Å². The first kappa shape index (κ1) is 12.6. The highest BCUT2D eigenvalue weighted by Crippen LogP contribution is 2.30. The first-order valence-corrected chi connectivity index (χ1v) is 7.03. The molecule has 5 nitrogen and oxygen atoms in total. The minimum Gasteiger partial charge on any atom is -0.356 e. The summed E-state index contributed by atoms with van der Waals surface area (Å²) in [6.07, 6.45) is 2.86. The van der Waals surface area contributed by atoms with E-state index in [-0.39, 0.29) is 0 Å². The Labute approximate surface area is 117 Å². The number of hydrogen-bond acceptors (Lipinski definition) is 5. The van der Waals surface area contributed by atoms with Gasteiger partial charge in [0.15, 0.2) is 0 Å². The fraction of sp³-hybridized carbons (Fsp3) is 0.615. The fourth-order valence-corrected chi connectivity index (χ4v) is 3.12. The Bertz CT molecular complexity index is 525. The molecule has 1 saturated heterocycles. The topological polar surface area (TPSA) is 64.8 Å². The molecular formula is C13H16ClN5. The van der Waals surface area contributed by atoms with Crippen molar-refractivity contribution in [3.8, 4) is 6.07 Å². The summed E-state index contributed by atoms with van der Waals surface area (Å²) in [5.41, 5.74) is 2.18. The van der Waals surface area contributed by atoms with E-state index in [2.05, 4.69) is 26.3 Å². The van der Waals surface area contributed by atoms with Crippen LogP contribution in [-0.4, -0.2) is 23.1 Å². The largest absolute Gasteiger partial charge is 0.356 e. The third-order valence-corrected chi connectivity index (χ3v) is 4.01. The van der Waals surface area contributed by atoms with Gasteiger partial charge in [-0.1, -0.05) is 0 Å². The van der Waals surface area contributed by atoms with Crippen LogP contribution in [0, 0.1) is 17.2 Å². The molecule has 0 saturated carbocycles. The summed E-state index contributed by atoms with van der Waals surface area (Å²) < 4.78 is 0. The highest BCUT2D eigenvalue weighted by Gasteiger charge is 2.26. The molecule has 3 rings (SSSR count). The van der Waals surface area contributed by atoms with Crippen molar-refractivity contribution in [2.24, 2.45) is 5.92 Å². The van der Waals surface area contributed by atoms with E-state index in [1.807, 2.05) is 0 Å². The van der Waals surface area contributed by atoms with Gasteiger partial charge in [-0.2, -0.15) is 5.26 Å². The zero-order valence-electron chi connectivity index (χ0n) is 10.7. The zero-order valence-corrected chi connectivity index (χ0v) is 11.4. The van der Waals surface area contributed by atoms with E-state index in [9.17, 15) is 0 Å². The smallest absolute Gasteiger partial charge is 0.224 e. The summed E-state index contributed by atoms with van der Waals surface area (Å²) in [7, 11) is 0. The number of halogens is 1. The lowest BCUT2D eigenvalue weighted by molar-refractivity contribution is 0.419. The number of fused-ring (bicyclic) bond motifs is 1. The molecule has 100 valence electrons. The van der Waals surface area contributed by atoms with E-state index in [0.717, 1.165) is 50.5 Å². The van der Waals surface area contributed by atoms with Crippen molar-refractivity contribution in [3.05, 3.63) is 16.5 Å². The van der Waals surface area contributed by atoms with Crippen molar-refractivity contribution in [1.29, 1.82) is 5.26 Å². The van der Waals surface area contributed by atoms with Crippen molar-refractivity contribution in [2.45, 2.75) is 32.4 Å². The third kappa shape index (κ3) is 2.51. The summed E-state index contributed by atoms with van der Waals surface area (Å²) in [4.78, 5) is 11.0. The first-order chi connectivity index (χ1) is 9.28. The van der Waals surface area contributed by atoms with Crippen LogP contribution in [0.1, 0.15) is 30.5 Å². The molecule has 1 fully saturated rings. The number of anilines is 1. The Kier molecular flexibility index (Phi) is 3.54. The molecule has 2 aliphatic rings. The standard InChI is InChI=1S/C13H16ClN5/c14-13-17-11-7-16-6-10(11)12(18-13)19-5-1-2-9(8-19)3-4-15/h9,16H,1-3,5-8H2/t9-/m0/s1. The van der Waals surface area contributed by atoms with Gasteiger partial charge >= 0.3 is 0 Å². The quantitative estimate of drug-likeness (QED) is 0.836. The molecule has 19 heavy (non-hydrogen) atoms. The predicted octanol–water partition coefficient (Wildman–Crippen LogP) is 1.86. The molecule has 1 aromatic rings. The number of piperidine rings is 1. The summed E-state index contributed by atoms with van der Waals surface area (Å²) in [6, 6.07) is 2.28. The van der Waals surface area contributed by atoms with Crippen LogP contribution in [0.25, 0.3) is 0 Å². The lowest BCUT2D eigenvalue weighted by atomic mass is 9.95. The number of nitrogens with one attached hydrogen (secondary N) is 1. The molecule has 0 amide bonds.